The average Bonchev–Trinajstić information content (AvgIpc) is 2.85. The lowest BCUT2D eigenvalue weighted by atomic mass is 10.1. The Balaban J connectivity index is 2.25. The molecule has 0 unspecified atom stereocenters. The molecule has 0 bridgehead atoms. The van der Waals surface area contributed by atoms with Gasteiger partial charge in [-0.05, 0) is 36.8 Å². The summed E-state index contributed by atoms with van der Waals surface area (Å²) < 4.78 is 28.6. The fraction of sp³-hybridized carbons (Fsp3) is 0.0667. The van der Waals surface area contributed by atoms with Crippen LogP contribution in [0.15, 0.2) is 36.7 Å². The van der Waals surface area contributed by atoms with Gasteiger partial charge in [0.2, 0.25) is 0 Å². The number of imidazole rings is 1. The molecule has 20 heavy (non-hydrogen) atoms. The number of fused-ring (bicyclic) bond motifs is 1. The minimum atomic E-state index is -0.539. The Morgan fingerprint density at radius 3 is 2.75 bits per heavy atom. The fourth-order valence-electron chi connectivity index (χ4n) is 2.18. The minimum Gasteiger partial charge on any atom is -0.306 e. The van der Waals surface area contributed by atoms with E-state index in [1.165, 1.54) is 0 Å². The van der Waals surface area contributed by atoms with E-state index in [0.717, 1.165) is 30.0 Å². The molecule has 0 atom stereocenters. The van der Waals surface area contributed by atoms with Gasteiger partial charge in [0.15, 0.2) is 6.29 Å². The SMILES string of the molecule is Cc1cc(C=O)cn2cc(-c3cc(F)ccc3F)nc12. The minimum absolute atomic E-state index is 0.0979. The van der Waals surface area contributed by atoms with Gasteiger partial charge < -0.3 is 4.40 Å². The molecule has 3 nitrogen and oxygen atoms in total. The zero-order valence-corrected chi connectivity index (χ0v) is 10.6. The molecule has 0 N–H and O–H groups in total. The number of aldehydes is 1. The first-order chi connectivity index (χ1) is 9.58. The molecule has 1 aromatic carbocycles. The first kappa shape index (κ1) is 12.5. The van der Waals surface area contributed by atoms with E-state index in [2.05, 4.69) is 4.98 Å². The van der Waals surface area contributed by atoms with E-state index >= 15 is 0 Å². The Morgan fingerprint density at radius 2 is 2.00 bits per heavy atom. The summed E-state index contributed by atoms with van der Waals surface area (Å²) in [5.41, 5.74) is 2.32. The van der Waals surface area contributed by atoms with E-state index in [0.29, 0.717) is 16.9 Å². The van der Waals surface area contributed by atoms with Gasteiger partial charge in [-0.1, -0.05) is 0 Å². The Morgan fingerprint density at radius 1 is 1.20 bits per heavy atom. The van der Waals surface area contributed by atoms with E-state index in [1.54, 1.807) is 29.8 Å². The van der Waals surface area contributed by atoms with Crippen LogP contribution in [0, 0.1) is 18.6 Å². The summed E-state index contributed by atoms with van der Waals surface area (Å²) in [5, 5.41) is 0. The second-order valence-corrected chi connectivity index (χ2v) is 4.56. The molecule has 3 aromatic rings. The molecule has 0 aliphatic rings. The molecule has 2 aromatic heterocycles. The molecule has 0 aliphatic carbocycles. The van der Waals surface area contributed by atoms with Gasteiger partial charge >= 0.3 is 0 Å². The maximum absolute atomic E-state index is 13.8. The highest BCUT2D eigenvalue weighted by molar-refractivity contribution is 5.76. The van der Waals surface area contributed by atoms with Crippen LogP contribution in [-0.4, -0.2) is 15.7 Å². The molecule has 0 radical (unpaired) electrons. The maximum atomic E-state index is 13.8. The van der Waals surface area contributed by atoms with Crippen molar-refractivity contribution in [2.75, 3.05) is 0 Å². The second-order valence-electron chi connectivity index (χ2n) is 4.56. The predicted molar refractivity (Wildman–Crippen MR) is 70.7 cm³/mol. The standard InChI is InChI=1S/C15H10F2N2O/c1-9-4-10(8-20)6-19-7-14(18-15(9)19)12-5-11(16)2-3-13(12)17/h2-8H,1H3. The number of aryl methyl sites for hydroxylation is 1. The van der Waals surface area contributed by atoms with Crippen LogP contribution in [0.3, 0.4) is 0 Å². The summed E-state index contributed by atoms with van der Waals surface area (Å²) in [4.78, 5) is 15.1. The lowest BCUT2D eigenvalue weighted by Gasteiger charge is -1.98. The van der Waals surface area contributed by atoms with Gasteiger partial charge in [0.1, 0.15) is 17.3 Å². The first-order valence-electron chi connectivity index (χ1n) is 5.98. The van der Waals surface area contributed by atoms with Crippen LogP contribution in [0.2, 0.25) is 0 Å². The summed E-state index contributed by atoms with van der Waals surface area (Å²) >= 11 is 0. The molecule has 3 rings (SSSR count). The number of rotatable bonds is 2. The fourth-order valence-corrected chi connectivity index (χ4v) is 2.18. The van der Waals surface area contributed by atoms with Crippen molar-refractivity contribution in [3.63, 3.8) is 0 Å². The van der Waals surface area contributed by atoms with Gasteiger partial charge in [0.25, 0.3) is 0 Å². The van der Waals surface area contributed by atoms with Gasteiger partial charge in [0, 0.05) is 23.5 Å². The largest absolute Gasteiger partial charge is 0.306 e. The molecule has 5 heteroatoms. The number of carbonyl (C=O) groups excluding carboxylic acids is 1. The van der Waals surface area contributed by atoms with Gasteiger partial charge in [-0.3, -0.25) is 4.79 Å². The highest BCUT2D eigenvalue weighted by Crippen LogP contribution is 2.24. The summed E-state index contributed by atoms with van der Waals surface area (Å²) in [6.45, 7) is 1.81. The average molecular weight is 272 g/mol. The summed E-state index contributed by atoms with van der Waals surface area (Å²) in [7, 11) is 0. The third-order valence-corrected chi connectivity index (χ3v) is 3.10. The number of benzene rings is 1. The van der Waals surface area contributed by atoms with Gasteiger partial charge in [0.05, 0.1) is 5.69 Å². The van der Waals surface area contributed by atoms with Gasteiger partial charge in [-0.2, -0.15) is 0 Å². The van der Waals surface area contributed by atoms with Crippen LogP contribution < -0.4 is 0 Å². The van der Waals surface area contributed by atoms with Crippen LogP contribution >= 0.6 is 0 Å². The van der Waals surface area contributed by atoms with E-state index in [1.807, 2.05) is 0 Å². The van der Waals surface area contributed by atoms with Gasteiger partial charge in [-0.15, -0.1) is 0 Å². The number of carbonyl (C=O) groups is 1. The Hall–Kier alpha value is -2.56. The second kappa shape index (κ2) is 4.52. The Bertz CT molecular complexity index is 824. The molecule has 0 spiro atoms. The molecule has 0 saturated carbocycles. The molecule has 100 valence electrons. The smallest absolute Gasteiger partial charge is 0.151 e. The summed E-state index contributed by atoms with van der Waals surface area (Å²) in [6.07, 6.45) is 3.91. The Labute approximate surface area is 113 Å². The van der Waals surface area contributed by atoms with Crippen molar-refractivity contribution in [3.8, 4) is 11.3 Å². The topological polar surface area (TPSA) is 34.4 Å². The predicted octanol–water partition coefficient (Wildman–Crippen LogP) is 3.40. The highest BCUT2D eigenvalue weighted by atomic mass is 19.1. The lowest BCUT2D eigenvalue weighted by Crippen LogP contribution is -1.91. The van der Waals surface area contributed by atoms with Crippen LogP contribution in [0.4, 0.5) is 8.78 Å². The van der Waals surface area contributed by atoms with E-state index in [-0.39, 0.29) is 5.56 Å². The molecule has 0 amide bonds. The number of hydrogen-bond acceptors (Lipinski definition) is 2. The van der Waals surface area contributed by atoms with Crippen LogP contribution in [0.1, 0.15) is 15.9 Å². The van der Waals surface area contributed by atoms with E-state index in [4.69, 9.17) is 0 Å². The number of aromatic nitrogens is 2. The normalized spacial score (nSPS) is 10.9. The maximum Gasteiger partial charge on any atom is 0.151 e. The number of halogens is 2. The van der Waals surface area contributed by atoms with Crippen molar-refractivity contribution in [1.29, 1.82) is 0 Å². The van der Waals surface area contributed by atoms with E-state index in [9.17, 15) is 13.6 Å². The van der Waals surface area contributed by atoms with Crippen molar-refractivity contribution in [2.45, 2.75) is 6.92 Å². The van der Waals surface area contributed by atoms with Crippen molar-refractivity contribution in [1.82, 2.24) is 9.38 Å². The highest BCUT2D eigenvalue weighted by Gasteiger charge is 2.12. The van der Waals surface area contributed by atoms with Crippen molar-refractivity contribution >= 4 is 11.9 Å². The molecule has 0 aliphatic heterocycles. The van der Waals surface area contributed by atoms with Crippen molar-refractivity contribution in [3.05, 3.63) is 59.4 Å². The first-order valence-corrected chi connectivity index (χ1v) is 5.98. The van der Waals surface area contributed by atoms with Crippen molar-refractivity contribution in [2.24, 2.45) is 0 Å². The Kier molecular flexibility index (Phi) is 2.82. The van der Waals surface area contributed by atoms with Crippen LogP contribution in [0.5, 0.6) is 0 Å². The number of pyridine rings is 1. The van der Waals surface area contributed by atoms with Crippen LogP contribution in [0.25, 0.3) is 16.9 Å². The summed E-state index contributed by atoms with van der Waals surface area (Å²) in [6, 6.07) is 4.93. The summed E-state index contributed by atoms with van der Waals surface area (Å²) in [5.74, 6) is -1.06. The lowest BCUT2D eigenvalue weighted by molar-refractivity contribution is 0.112. The van der Waals surface area contributed by atoms with Gasteiger partial charge in [-0.25, -0.2) is 13.8 Å². The number of nitrogens with zero attached hydrogens (tertiary/aromatic N) is 2. The van der Waals surface area contributed by atoms with E-state index < -0.39 is 11.6 Å². The van der Waals surface area contributed by atoms with Crippen LogP contribution in [-0.2, 0) is 0 Å². The monoisotopic (exact) mass is 272 g/mol. The molecular formula is C15H10F2N2O. The molecule has 2 heterocycles. The molecule has 0 saturated heterocycles. The zero-order valence-electron chi connectivity index (χ0n) is 10.6. The third kappa shape index (κ3) is 1.97. The zero-order chi connectivity index (χ0) is 14.3. The molecule has 0 fully saturated rings. The quantitative estimate of drug-likeness (QED) is 0.670. The number of hydrogen-bond donors (Lipinski definition) is 0. The van der Waals surface area contributed by atoms with Crippen molar-refractivity contribution < 1.29 is 13.6 Å². The third-order valence-electron chi connectivity index (χ3n) is 3.10. The molecular weight excluding hydrogens is 262 g/mol.